The molecule has 4 heteroatoms. The highest BCUT2D eigenvalue weighted by molar-refractivity contribution is 5.69. The highest BCUT2D eigenvalue weighted by Crippen LogP contribution is 2.71. The number of rotatable bonds is 3. The third kappa shape index (κ3) is 3.69. The van der Waals surface area contributed by atoms with Gasteiger partial charge < -0.3 is 14.2 Å². The Morgan fingerprint density at radius 2 is 1.74 bits per heavy atom. The smallest absolute Gasteiger partial charge is 0.306 e. The van der Waals surface area contributed by atoms with E-state index >= 15 is 0 Å². The second-order valence-electron chi connectivity index (χ2n) is 14.3. The van der Waals surface area contributed by atoms with Crippen molar-refractivity contribution in [3.8, 4) is 0 Å². The van der Waals surface area contributed by atoms with Crippen molar-refractivity contribution in [2.75, 3.05) is 6.61 Å². The summed E-state index contributed by atoms with van der Waals surface area (Å²) in [6.45, 7) is 12.9. The normalized spacial score (nSPS) is 55.1. The predicted octanol–water partition coefficient (Wildman–Crippen LogP) is 7.14. The van der Waals surface area contributed by atoms with Gasteiger partial charge >= 0.3 is 5.97 Å². The first kappa shape index (κ1) is 24.7. The molecule has 0 aromatic rings. The second kappa shape index (κ2) is 8.72. The summed E-state index contributed by atoms with van der Waals surface area (Å²) in [5, 5.41) is 0. The minimum atomic E-state index is -0.302. The van der Waals surface area contributed by atoms with Gasteiger partial charge in [-0.2, -0.15) is 0 Å². The summed E-state index contributed by atoms with van der Waals surface area (Å²) in [6.07, 6.45) is 14.4. The molecule has 4 saturated carbocycles. The monoisotopic (exact) mass is 486 g/mol. The Bertz CT molecular complexity index is 817. The molecule has 198 valence electrons. The van der Waals surface area contributed by atoms with Gasteiger partial charge in [0.05, 0.1) is 12.7 Å². The van der Waals surface area contributed by atoms with Crippen LogP contribution in [0.4, 0.5) is 0 Å². The lowest BCUT2D eigenvalue weighted by atomic mass is 9.44. The van der Waals surface area contributed by atoms with Gasteiger partial charge in [-0.3, -0.25) is 4.79 Å². The fourth-order valence-corrected chi connectivity index (χ4v) is 10.8. The molecule has 6 rings (SSSR count). The molecule has 12 atom stereocenters. The van der Waals surface area contributed by atoms with Gasteiger partial charge in [0, 0.05) is 18.8 Å². The summed E-state index contributed by atoms with van der Waals surface area (Å²) >= 11 is 0. The average molecular weight is 487 g/mol. The van der Waals surface area contributed by atoms with Crippen molar-refractivity contribution in [1.29, 1.82) is 0 Å². The summed E-state index contributed by atoms with van der Waals surface area (Å²) in [6, 6.07) is 0. The van der Waals surface area contributed by atoms with E-state index in [1.54, 1.807) is 0 Å². The molecule has 4 nitrogen and oxygen atoms in total. The van der Waals surface area contributed by atoms with Gasteiger partial charge in [0.2, 0.25) is 0 Å². The van der Waals surface area contributed by atoms with Crippen LogP contribution in [0.3, 0.4) is 0 Å². The van der Waals surface area contributed by atoms with Crippen molar-refractivity contribution < 1.29 is 19.0 Å². The molecule has 6 aliphatic rings. The zero-order chi connectivity index (χ0) is 24.6. The van der Waals surface area contributed by atoms with Crippen LogP contribution >= 0.6 is 0 Å². The average Bonchev–Trinajstić information content (AvgIpc) is 3.26. The van der Waals surface area contributed by atoms with E-state index in [0.29, 0.717) is 41.1 Å². The number of ether oxygens (including phenoxy) is 3. The maximum absolute atomic E-state index is 12.1. The van der Waals surface area contributed by atoms with Gasteiger partial charge in [0.1, 0.15) is 6.10 Å². The first-order chi connectivity index (χ1) is 16.7. The largest absolute Gasteiger partial charge is 0.462 e. The van der Waals surface area contributed by atoms with Crippen LogP contribution < -0.4 is 0 Å². The molecule has 2 saturated heterocycles. The zero-order valence-electron chi connectivity index (χ0n) is 23.0. The quantitative estimate of drug-likeness (QED) is 0.398. The summed E-state index contributed by atoms with van der Waals surface area (Å²) in [7, 11) is 0. The van der Waals surface area contributed by atoms with Crippen molar-refractivity contribution in [2.45, 2.75) is 130 Å². The number of carbonyl (C=O) groups excluding carboxylic acids is 1. The minimum absolute atomic E-state index is 0.0176. The molecule has 35 heavy (non-hydrogen) atoms. The van der Waals surface area contributed by atoms with E-state index in [1.165, 1.54) is 44.9 Å². The van der Waals surface area contributed by atoms with Gasteiger partial charge in [0.25, 0.3) is 0 Å². The molecular weight excluding hydrogens is 436 g/mol. The number of esters is 1. The highest BCUT2D eigenvalue weighted by Gasteiger charge is 2.69. The lowest BCUT2D eigenvalue weighted by Crippen LogP contribution is -2.55. The lowest BCUT2D eigenvalue weighted by Gasteiger charge is -2.61. The van der Waals surface area contributed by atoms with Crippen LogP contribution in [0.25, 0.3) is 0 Å². The van der Waals surface area contributed by atoms with Crippen molar-refractivity contribution in [1.82, 2.24) is 0 Å². The first-order valence-corrected chi connectivity index (χ1v) is 15.2. The highest BCUT2D eigenvalue weighted by atomic mass is 16.7. The van der Waals surface area contributed by atoms with E-state index in [4.69, 9.17) is 14.2 Å². The van der Waals surface area contributed by atoms with Crippen LogP contribution in [-0.2, 0) is 19.0 Å². The van der Waals surface area contributed by atoms with Gasteiger partial charge in [-0.25, -0.2) is 0 Å². The standard InChI is InChI=1S/C31H50O4/c1-6-7-27(32)34-22-11-13-29(4)21(16-22)8-9-23-24(29)12-14-30(5)25(23)17-26-28(30)20(3)31(35-26)15-10-19(2)18-33-31/h19-26,28H,6-18H2,1-5H3/t19-,20+,21-,22-,23-,24+,25+,26+,28+,29+,30+,31-/m1/s1. The van der Waals surface area contributed by atoms with Crippen LogP contribution in [0, 0.1) is 52.3 Å². The summed E-state index contributed by atoms with van der Waals surface area (Å²) in [5.41, 5.74) is 0.823. The van der Waals surface area contributed by atoms with E-state index in [0.717, 1.165) is 56.0 Å². The maximum atomic E-state index is 12.1. The maximum Gasteiger partial charge on any atom is 0.306 e. The SMILES string of the molecule is CCCC(=O)O[C@@H]1CC[C@@]2(C)[C@H](CC[C@@H]3[C@@H]2CC[C@]2(C)[C@@H]4[C@H](C[C@@H]32)O[C@]2(CC[C@@H](C)CO2)[C@H]4C)C1. The van der Waals surface area contributed by atoms with Crippen LogP contribution in [0.2, 0.25) is 0 Å². The van der Waals surface area contributed by atoms with Gasteiger partial charge in [-0.1, -0.05) is 34.6 Å². The lowest BCUT2D eigenvalue weighted by molar-refractivity contribution is -0.273. The number of hydrogen-bond donors (Lipinski definition) is 0. The number of hydrogen-bond acceptors (Lipinski definition) is 4. The van der Waals surface area contributed by atoms with Gasteiger partial charge in [-0.05, 0) is 111 Å². The van der Waals surface area contributed by atoms with E-state index in [1.807, 2.05) is 0 Å². The molecule has 2 heterocycles. The van der Waals surface area contributed by atoms with E-state index < -0.39 is 0 Å². The van der Waals surface area contributed by atoms with Gasteiger partial charge in [-0.15, -0.1) is 0 Å². The molecular formula is C31H50O4. The van der Waals surface area contributed by atoms with E-state index in [2.05, 4.69) is 34.6 Å². The Kier molecular flexibility index (Phi) is 6.15. The molecule has 0 aromatic carbocycles. The fraction of sp³-hybridized carbons (Fsp3) is 0.968. The topological polar surface area (TPSA) is 44.8 Å². The molecule has 1 spiro atoms. The molecule has 0 aromatic heterocycles. The van der Waals surface area contributed by atoms with Crippen LogP contribution in [0.1, 0.15) is 112 Å². The fourth-order valence-electron chi connectivity index (χ4n) is 10.8. The Balaban J connectivity index is 1.17. The number of carbonyl (C=O) groups is 1. The summed E-state index contributed by atoms with van der Waals surface area (Å²) < 4.78 is 19.3. The Hall–Kier alpha value is -0.610. The van der Waals surface area contributed by atoms with E-state index in [9.17, 15) is 4.79 Å². The molecule has 0 radical (unpaired) electrons. The molecule has 0 unspecified atom stereocenters. The Morgan fingerprint density at radius 1 is 0.943 bits per heavy atom. The third-order valence-electron chi connectivity index (χ3n) is 12.6. The Morgan fingerprint density at radius 3 is 2.49 bits per heavy atom. The second-order valence-corrected chi connectivity index (χ2v) is 14.3. The van der Waals surface area contributed by atoms with E-state index in [-0.39, 0.29) is 17.9 Å². The Labute approximate surface area is 213 Å². The summed E-state index contributed by atoms with van der Waals surface area (Å²) in [4.78, 5) is 12.1. The molecule has 2 aliphatic heterocycles. The van der Waals surface area contributed by atoms with Crippen molar-refractivity contribution in [3.63, 3.8) is 0 Å². The predicted molar refractivity (Wildman–Crippen MR) is 137 cm³/mol. The van der Waals surface area contributed by atoms with Crippen molar-refractivity contribution in [3.05, 3.63) is 0 Å². The number of fused-ring (bicyclic) bond motifs is 7. The summed E-state index contributed by atoms with van der Waals surface area (Å²) in [5.74, 6) is 4.74. The van der Waals surface area contributed by atoms with Crippen LogP contribution in [0.5, 0.6) is 0 Å². The molecule has 0 N–H and O–H groups in total. The zero-order valence-corrected chi connectivity index (χ0v) is 23.0. The van der Waals surface area contributed by atoms with Crippen LogP contribution in [0.15, 0.2) is 0 Å². The van der Waals surface area contributed by atoms with Crippen LogP contribution in [-0.4, -0.2) is 30.6 Å². The van der Waals surface area contributed by atoms with Crippen molar-refractivity contribution >= 4 is 5.97 Å². The minimum Gasteiger partial charge on any atom is -0.462 e. The van der Waals surface area contributed by atoms with Crippen molar-refractivity contribution in [2.24, 2.45) is 52.3 Å². The molecule has 6 fully saturated rings. The first-order valence-electron chi connectivity index (χ1n) is 15.2. The molecule has 0 bridgehead atoms. The van der Waals surface area contributed by atoms with Gasteiger partial charge in [0.15, 0.2) is 5.79 Å². The third-order valence-corrected chi connectivity index (χ3v) is 12.6. The molecule has 0 amide bonds. The molecule has 4 aliphatic carbocycles.